The largest absolute Gasteiger partial charge is 0.508 e. The van der Waals surface area contributed by atoms with E-state index in [1.165, 1.54) is 4.90 Å². The summed E-state index contributed by atoms with van der Waals surface area (Å²) in [5.74, 6) is -0.993. The average Bonchev–Trinajstić information content (AvgIpc) is 3.24. The lowest BCUT2D eigenvalue weighted by Gasteiger charge is -2.52. The summed E-state index contributed by atoms with van der Waals surface area (Å²) in [5, 5.41) is 9.76. The summed E-state index contributed by atoms with van der Waals surface area (Å²) in [7, 11) is 0. The Bertz CT molecular complexity index is 1590. The maximum Gasteiger partial charge on any atom is 0.239 e. The van der Waals surface area contributed by atoms with Crippen LogP contribution in [0.5, 0.6) is 11.5 Å². The van der Waals surface area contributed by atoms with E-state index in [0.717, 1.165) is 22.3 Å². The summed E-state index contributed by atoms with van der Waals surface area (Å²) in [6.45, 7) is 2.45. The first-order valence-electron chi connectivity index (χ1n) is 13.2. The van der Waals surface area contributed by atoms with Gasteiger partial charge in [0.2, 0.25) is 11.8 Å². The van der Waals surface area contributed by atoms with E-state index < -0.39 is 17.3 Å². The van der Waals surface area contributed by atoms with Crippen LogP contribution in [0, 0.1) is 11.8 Å². The van der Waals surface area contributed by atoms with Crippen molar-refractivity contribution in [3.05, 3.63) is 119 Å². The first kappa shape index (κ1) is 23.4. The van der Waals surface area contributed by atoms with Crippen LogP contribution in [0.2, 0.25) is 0 Å². The zero-order chi connectivity index (χ0) is 26.7. The summed E-state index contributed by atoms with van der Waals surface area (Å²) >= 11 is 0. The van der Waals surface area contributed by atoms with Crippen LogP contribution in [0.15, 0.2) is 102 Å². The van der Waals surface area contributed by atoms with Crippen LogP contribution in [0.3, 0.4) is 0 Å². The van der Waals surface area contributed by atoms with Gasteiger partial charge in [-0.3, -0.25) is 14.6 Å². The molecule has 1 aliphatic heterocycles. The second kappa shape index (κ2) is 8.67. The van der Waals surface area contributed by atoms with Crippen molar-refractivity contribution in [1.29, 1.82) is 0 Å². The number of carbonyl (C=O) groups is 2. The quantitative estimate of drug-likeness (QED) is 0.272. The molecule has 4 aromatic carbocycles. The first-order valence-corrected chi connectivity index (χ1v) is 13.2. The van der Waals surface area contributed by atoms with Crippen molar-refractivity contribution >= 4 is 29.4 Å². The van der Waals surface area contributed by atoms with Crippen molar-refractivity contribution < 1.29 is 19.4 Å². The molecule has 4 aliphatic rings. The van der Waals surface area contributed by atoms with Crippen molar-refractivity contribution in [1.82, 2.24) is 0 Å². The van der Waals surface area contributed by atoms with Crippen molar-refractivity contribution in [2.24, 2.45) is 16.8 Å². The molecule has 192 valence electrons. The fourth-order valence-electron chi connectivity index (χ4n) is 6.88. The highest BCUT2D eigenvalue weighted by molar-refractivity contribution is 6.25. The third-order valence-corrected chi connectivity index (χ3v) is 8.36. The molecule has 8 rings (SSSR count). The molecule has 0 saturated carbocycles. The lowest BCUT2D eigenvalue weighted by molar-refractivity contribution is -0.122. The molecule has 2 bridgehead atoms. The number of phenolic OH excluding ortho intramolecular Hbond substituents is 1. The number of amides is 2. The lowest BCUT2D eigenvalue weighted by Crippen LogP contribution is -2.54. The number of anilines is 1. The molecule has 2 atom stereocenters. The zero-order valence-corrected chi connectivity index (χ0v) is 21.3. The lowest BCUT2D eigenvalue weighted by atomic mass is 9.47. The van der Waals surface area contributed by atoms with Crippen molar-refractivity contribution in [3.63, 3.8) is 0 Å². The van der Waals surface area contributed by atoms with Gasteiger partial charge < -0.3 is 9.84 Å². The minimum Gasteiger partial charge on any atom is -0.508 e. The predicted molar refractivity (Wildman–Crippen MR) is 149 cm³/mol. The second-order valence-electron chi connectivity index (χ2n) is 10.2. The Balaban J connectivity index is 1.44. The van der Waals surface area contributed by atoms with Gasteiger partial charge in [-0.25, -0.2) is 4.90 Å². The van der Waals surface area contributed by atoms with E-state index in [-0.39, 0.29) is 23.5 Å². The van der Waals surface area contributed by atoms with Crippen LogP contribution in [-0.4, -0.2) is 29.7 Å². The van der Waals surface area contributed by atoms with Crippen LogP contribution in [0.1, 0.15) is 35.1 Å². The molecule has 39 heavy (non-hydrogen) atoms. The number of aliphatic imine (C=N–C) groups is 1. The molecule has 2 amide bonds. The Kier molecular flexibility index (Phi) is 5.20. The molecule has 1 saturated heterocycles. The summed E-state index contributed by atoms with van der Waals surface area (Å²) in [6, 6.07) is 30.0. The Morgan fingerprint density at radius 1 is 0.846 bits per heavy atom. The monoisotopic (exact) mass is 514 g/mol. The highest BCUT2D eigenvalue weighted by Crippen LogP contribution is 2.63. The first-order chi connectivity index (χ1) is 19.0. The van der Waals surface area contributed by atoms with Gasteiger partial charge in [0.15, 0.2) is 0 Å². The van der Waals surface area contributed by atoms with Gasteiger partial charge in [0.05, 0.1) is 35.2 Å². The molecule has 4 aromatic rings. The summed E-state index contributed by atoms with van der Waals surface area (Å²) in [6.07, 6.45) is 1.86. The summed E-state index contributed by atoms with van der Waals surface area (Å²) in [4.78, 5) is 34.8. The van der Waals surface area contributed by atoms with E-state index in [4.69, 9.17) is 9.73 Å². The Morgan fingerprint density at radius 3 is 2.08 bits per heavy atom. The van der Waals surface area contributed by atoms with Gasteiger partial charge in [-0.15, -0.1) is 0 Å². The van der Waals surface area contributed by atoms with Gasteiger partial charge in [0, 0.05) is 12.1 Å². The predicted octanol–water partition coefficient (Wildman–Crippen LogP) is 5.74. The van der Waals surface area contributed by atoms with Crippen LogP contribution in [-0.2, 0) is 15.0 Å². The molecule has 1 N–H and O–H groups in total. The SMILES string of the molecule is CCOc1ccc(N2C(=O)[C@@H]3C4c5ccccc5C(C=Nc5ccc(O)cc5)(c5ccccc54)[C@@H]3C2=O)cc1. The van der Waals surface area contributed by atoms with Crippen LogP contribution >= 0.6 is 0 Å². The molecular weight excluding hydrogens is 488 g/mol. The smallest absolute Gasteiger partial charge is 0.239 e. The molecule has 0 spiro atoms. The third-order valence-electron chi connectivity index (χ3n) is 8.36. The van der Waals surface area contributed by atoms with Crippen molar-refractivity contribution in [2.45, 2.75) is 18.3 Å². The van der Waals surface area contributed by atoms with Gasteiger partial charge in [-0.2, -0.15) is 0 Å². The fourth-order valence-corrected chi connectivity index (χ4v) is 6.88. The van der Waals surface area contributed by atoms with Gasteiger partial charge in [0.25, 0.3) is 0 Å². The topological polar surface area (TPSA) is 79.2 Å². The van der Waals surface area contributed by atoms with Gasteiger partial charge in [-0.1, -0.05) is 48.5 Å². The number of benzene rings is 4. The van der Waals surface area contributed by atoms with Crippen LogP contribution in [0.25, 0.3) is 0 Å². The van der Waals surface area contributed by atoms with E-state index in [9.17, 15) is 14.7 Å². The van der Waals surface area contributed by atoms with Crippen molar-refractivity contribution in [2.75, 3.05) is 11.5 Å². The van der Waals surface area contributed by atoms with Gasteiger partial charge in [0.1, 0.15) is 11.5 Å². The van der Waals surface area contributed by atoms with Gasteiger partial charge in [-0.05, 0) is 77.7 Å². The van der Waals surface area contributed by atoms with E-state index >= 15 is 0 Å². The van der Waals surface area contributed by atoms with E-state index in [1.807, 2.05) is 37.4 Å². The Labute approximate surface area is 226 Å². The number of imide groups is 1. The minimum atomic E-state index is -0.933. The number of rotatable bonds is 5. The van der Waals surface area contributed by atoms with Crippen LogP contribution in [0.4, 0.5) is 11.4 Å². The number of carbonyl (C=O) groups excluding carboxylic acids is 2. The molecule has 1 heterocycles. The number of ether oxygens (including phenoxy) is 1. The molecule has 0 unspecified atom stereocenters. The fraction of sp³-hybridized carbons (Fsp3) is 0.182. The maximum atomic E-state index is 14.4. The van der Waals surface area contributed by atoms with Crippen LogP contribution < -0.4 is 9.64 Å². The normalized spacial score (nSPS) is 24.5. The van der Waals surface area contributed by atoms with Gasteiger partial charge >= 0.3 is 0 Å². The Hall–Kier alpha value is -4.71. The third kappa shape index (κ3) is 3.24. The zero-order valence-electron chi connectivity index (χ0n) is 21.3. The molecule has 0 radical (unpaired) electrons. The number of hydrogen-bond donors (Lipinski definition) is 1. The maximum absolute atomic E-state index is 14.4. The van der Waals surface area contributed by atoms with E-state index in [2.05, 4.69) is 24.3 Å². The molecule has 3 aliphatic carbocycles. The number of nitrogens with zero attached hydrogens (tertiary/aromatic N) is 2. The summed E-state index contributed by atoms with van der Waals surface area (Å²) < 4.78 is 5.58. The highest BCUT2D eigenvalue weighted by atomic mass is 16.5. The summed E-state index contributed by atoms with van der Waals surface area (Å²) in [5.41, 5.74) is 4.40. The van der Waals surface area contributed by atoms with E-state index in [0.29, 0.717) is 23.7 Å². The standard InChI is InChI=1S/C33H26N2O4/c1-2-39-23-17-13-21(14-18-23)35-31(37)29-28-24-7-3-5-9-26(24)33(30(29)32(35)38,27-10-6-4-8-25(27)28)19-34-20-11-15-22(36)16-12-20/h3-19,28-30,36H,2H2,1H3/t28?,29-,30+,33?/m1/s1. The van der Waals surface area contributed by atoms with Crippen molar-refractivity contribution in [3.8, 4) is 11.5 Å². The second-order valence-corrected chi connectivity index (χ2v) is 10.2. The minimum absolute atomic E-state index is 0.156. The number of phenols is 1. The number of hydrogen-bond acceptors (Lipinski definition) is 5. The molecule has 6 nitrogen and oxygen atoms in total. The molecular formula is C33H26N2O4. The number of aromatic hydroxyl groups is 1. The highest BCUT2D eigenvalue weighted by Gasteiger charge is 2.67. The average molecular weight is 515 g/mol. The Morgan fingerprint density at radius 2 is 1.46 bits per heavy atom. The molecule has 6 heteroatoms. The van der Waals surface area contributed by atoms with E-state index in [1.54, 1.807) is 48.5 Å². The molecule has 0 aromatic heterocycles. The molecule has 1 fully saturated rings.